The molecule has 0 unspecified atom stereocenters. The maximum atomic E-state index is 5.53. The molecule has 3 rings (SSSR count). The van der Waals surface area contributed by atoms with Crippen molar-refractivity contribution in [2.45, 2.75) is 38.9 Å². The molecule has 3 nitrogen and oxygen atoms in total. The molecule has 0 bridgehead atoms. The second-order valence-corrected chi connectivity index (χ2v) is 5.84. The van der Waals surface area contributed by atoms with Crippen LogP contribution >= 0.6 is 0 Å². The van der Waals surface area contributed by atoms with Gasteiger partial charge in [-0.25, -0.2) is 0 Å². The fourth-order valence-electron chi connectivity index (χ4n) is 3.05. The second-order valence-electron chi connectivity index (χ2n) is 5.84. The molecule has 102 valence electrons. The fourth-order valence-corrected chi connectivity index (χ4v) is 3.05. The molecule has 0 spiro atoms. The molecule has 0 atom stereocenters. The summed E-state index contributed by atoms with van der Waals surface area (Å²) in [6.07, 6.45) is 0.894. The number of benzene rings is 1. The van der Waals surface area contributed by atoms with Crippen molar-refractivity contribution in [2.24, 2.45) is 0 Å². The summed E-state index contributed by atoms with van der Waals surface area (Å²) in [5, 5.41) is 0. The van der Waals surface area contributed by atoms with Crippen LogP contribution in [-0.4, -0.2) is 36.3 Å². The Labute approximate surface area is 114 Å². The Kier molecular flexibility index (Phi) is 3.19. The van der Waals surface area contributed by atoms with Crippen molar-refractivity contribution in [1.82, 2.24) is 0 Å². The van der Waals surface area contributed by atoms with Gasteiger partial charge in [0, 0.05) is 18.6 Å². The van der Waals surface area contributed by atoms with Gasteiger partial charge in [-0.1, -0.05) is 18.2 Å². The number of nitrogens with zero attached hydrogens (tertiary/aromatic N) is 1. The van der Waals surface area contributed by atoms with E-state index in [4.69, 9.17) is 9.47 Å². The van der Waals surface area contributed by atoms with Gasteiger partial charge in [0.15, 0.2) is 18.5 Å². The van der Waals surface area contributed by atoms with Crippen molar-refractivity contribution in [2.75, 3.05) is 19.8 Å². The molecule has 0 radical (unpaired) electrons. The van der Waals surface area contributed by atoms with Gasteiger partial charge in [0.25, 0.3) is 0 Å². The number of rotatable bonds is 3. The van der Waals surface area contributed by atoms with E-state index in [9.17, 15) is 0 Å². The molecular weight excluding hydrogens is 238 g/mol. The van der Waals surface area contributed by atoms with E-state index < -0.39 is 0 Å². The van der Waals surface area contributed by atoms with Gasteiger partial charge in [-0.2, -0.15) is 4.58 Å². The summed E-state index contributed by atoms with van der Waals surface area (Å²) in [7, 11) is 0. The number of para-hydroxylation sites is 1. The highest BCUT2D eigenvalue weighted by atomic mass is 16.7. The normalized spacial score (nSPS) is 22.1. The van der Waals surface area contributed by atoms with Crippen molar-refractivity contribution in [3.05, 3.63) is 29.8 Å². The molecule has 0 saturated carbocycles. The Morgan fingerprint density at radius 1 is 1.21 bits per heavy atom. The van der Waals surface area contributed by atoms with Crippen LogP contribution in [0.15, 0.2) is 24.3 Å². The average molecular weight is 260 g/mol. The third-order valence-electron chi connectivity index (χ3n) is 4.46. The van der Waals surface area contributed by atoms with E-state index in [1.807, 2.05) is 0 Å². The van der Waals surface area contributed by atoms with Gasteiger partial charge in [-0.3, -0.25) is 0 Å². The molecule has 1 aromatic carbocycles. The highest BCUT2D eigenvalue weighted by Crippen LogP contribution is 2.39. The minimum absolute atomic E-state index is 0.0244. The van der Waals surface area contributed by atoms with E-state index >= 15 is 0 Å². The first-order valence-corrected chi connectivity index (χ1v) is 7.05. The van der Waals surface area contributed by atoms with Crippen LogP contribution < -0.4 is 0 Å². The van der Waals surface area contributed by atoms with E-state index in [2.05, 4.69) is 49.6 Å². The highest BCUT2D eigenvalue weighted by molar-refractivity contribution is 5.93. The standard InChI is InChI=1S/C16H22NO2/c1-12-16(2,3)13-6-4-5-7-14(13)17(12)9-8-15-18-10-11-19-15/h4-7,15H,8-11H2,1-3H3/q+1. The van der Waals surface area contributed by atoms with E-state index in [0.717, 1.165) is 26.2 Å². The Balaban J connectivity index is 1.85. The smallest absolute Gasteiger partial charge is 0.209 e. The molecule has 0 aromatic heterocycles. The molecule has 1 aromatic rings. The zero-order chi connectivity index (χ0) is 13.5. The summed E-state index contributed by atoms with van der Waals surface area (Å²) in [6, 6.07) is 8.69. The lowest BCUT2D eigenvalue weighted by Gasteiger charge is -2.14. The van der Waals surface area contributed by atoms with Crippen LogP contribution in [0.25, 0.3) is 0 Å². The molecule has 2 heterocycles. The SMILES string of the molecule is CC1=[N+](CCC2OCCO2)c2ccccc2C1(C)C. The number of hydrogen-bond acceptors (Lipinski definition) is 2. The van der Waals surface area contributed by atoms with Crippen LogP contribution in [-0.2, 0) is 14.9 Å². The molecule has 19 heavy (non-hydrogen) atoms. The first kappa shape index (κ1) is 12.8. The monoisotopic (exact) mass is 260 g/mol. The minimum atomic E-state index is -0.0244. The molecule has 1 saturated heterocycles. The summed E-state index contributed by atoms with van der Waals surface area (Å²) in [4.78, 5) is 0. The summed E-state index contributed by atoms with van der Waals surface area (Å²) in [5.74, 6) is 0. The molecule has 1 fully saturated rings. The van der Waals surface area contributed by atoms with Gasteiger partial charge in [0.05, 0.1) is 25.0 Å². The van der Waals surface area contributed by atoms with Crippen molar-refractivity contribution >= 4 is 11.4 Å². The Bertz CT molecular complexity index is 513. The summed E-state index contributed by atoms with van der Waals surface area (Å²) in [5.41, 5.74) is 4.28. The molecular formula is C16H22NO2+. The first-order valence-electron chi connectivity index (χ1n) is 7.05. The van der Waals surface area contributed by atoms with Gasteiger partial charge in [0.2, 0.25) is 5.69 Å². The second kappa shape index (κ2) is 4.73. The summed E-state index contributed by atoms with van der Waals surface area (Å²) in [6.45, 7) is 9.24. The average Bonchev–Trinajstić information content (AvgIpc) is 2.97. The van der Waals surface area contributed by atoms with Crippen LogP contribution in [0.3, 0.4) is 0 Å². The molecule has 0 aliphatic carbocycles. The third kappa shape index (κ3) is 2.11. The topological polar surface area (TPSA) is 21.5 Å². The van der Waals surface area contributed by atoms with Gasteiger partial charge < -0.3 is 9.47 Å². The summed E-state index contributed by atoms with van der Waals surface area (Å²) < 4.78 is 13.5. The predicted molar refractivity (Wildman–Crippen MR) is 75.2 cm³/mol. The van der Waals surface area contributed by atoms with Crippen LogP contribution in [0.1, 0.15) is 32.8 Å². The van der Waals surface area contributed by atoms with Crippen LogP contribution in [0, 0.1) is 0 Å². The Morgan fingerprint density at radius 2 is 1.89 bits per heavy atom. The van der Waals surface area contributed by atoms with E-state index in [1.54, 1.807) is 0 Å². The van der Waals surface area contributed by atoms with Crippen molar-refractivity contribution in [3.8, 4) is 0 Å². The molecule has 2 aliphatic rings. The zero-order valence-corrected chi connectivity index (χ0v) is 12.0. The molecule has 0 N–H and O–H groups in total. The van der Waals surface area contributed by atoms with E-state index in [-0.39, 0.29) is 11.7 Å². The van der Waals surface area contributed by atoms with Crippen LogP contribution in [0.2, 0.25) is 0 Å². The van der Waals surface area contributed by atoms with Gasteiger partial charge in [-0.15, -0.1) is 0 Å². The quantitative estimate of drug-likeness (QED) is 0.779. The molecule has 2 aliphatic heterocycles. The lowest BCUT2D eigenvalue weighted by atomic mass is 9.82. The lowest BCUT2D eigenvalue weighted by molar-refractivity contribution is -0.443. The maximum absolute atomic E-state index is 5.53. The van der Waals surface area contributed by atoms with E-state index in [0.29, 0.717) is 0 Å². The van der Waals surface area contributed by atoms with Crippen molar-refractivity contribution < 1.29 is 14.0 Å². The van der Waals surface area contributed by atoms with Crippen LogP contribution in [0.4, 0.5) is 5.69 Å². The van der Waals surface area contributed by atoms with E-state index in [1.165, 1.54) is 17.0 Å². The Morgan fingerprint density at radius 3 is 2.63 bits per heavy atom. The first-order chi connectivity index (χ1) is 9.10. The zero-order valence-electron chi connectivity index (χ0n) is 12.0. The third-order valence-corrected chi connectivity index (χ3v) is 4.46. The molecule has 3 heteroatoms. The largest absolute Gasteiger partial charge is 0.350 e. The van der Waals surface area contributed by atoms with Gasteiger partial charge in [0.1, 0.15) is 0 Å². The number of hydrogen-bond donors (Lipinski definition) is 0. The highest BCUT2D eigenvalue weighted by Gasteiger charge is 2.42. The number of fused-ring (bicyclic) bond motifs is 1. The van der Waals surface area contributed by atoms with Gasteiger partial charge >= 0.3 is 0 Å². The summed E-state index contributed by atoms with van der Waals surface area (Å²) >= 11 is 0. The lowest BCUT2D eigenvalue weighted by Crippen LogP contribution is -2.27. The Hall–Kier alpha value is -1.19. The maximum Gasteiger partial charge on any atom is 0.209 e. The fraction of sp³-hybridized carbons (Fsp3) is 0.562. The van der Waals surface area contributed by atoms with Crippen LogP contribution in [0.5, 0.6) is 0 Å². The minimum Gasteiger partial charge on any atom is -0.350 e. The van der Waals surface area contributed by atoms with Crippen molar-refractivity contribution in [1.29, 1.82) is 0 Å². The predicted octanol–water partition coefficient (Wildman–Crippen LogP) is 2.85. The van der Waals surface area contributed by atoms with Crippen molar-refractivity contribution in [3.63, 3.8) is 0 Å². The molecule has 0 amide bonds. The van der Waals surface area contributed by atoms with Gasteiger partial charge in [-0.05, 0) is 13.8 Å². The number of ether oxygens (including phenoxy) is 2.